The summed E-state index contributed by atoms with van der Waals surface area (Å²) >= 11 is 5.58. The summed E-state index contributed by atoms with van der Waals surface area (Å²) in [7, 11) is 0. The van der Waals surface area contributed by atoms with E-state index in [4.69, 9.17) is 11.6 Å². The maximum absolute atomic E-state index is 12.0. The SMILES string of the molecule is CC1C(/C=C(\Cl)CF)C1(C)C. The molecule has 0 nitrogen and oxygen atoms in total. The van der Waals surface area contributed by atoms with Crippen molar-refractivity contribution in [3.63, 3.8) is 0 Å². The number of allylic oxidation sites excluding steroid dienone is 2. The van der Waals surface area contributed by atoms with E-state index in [1.807, 2.05) is 6.08 Å². The maximum Gasteiger partial charge on any atom is 0.125 e. The van der Waals surface area contributed by atoms with Crippen LogP contribution in [0, 0.1) is 17.3 Å². The van der Waals surface area contributed by atoms with Crippen LogP contribution in [0.2, 0.25) is 0 Å². The first kappa shape index (κ1) is 9.05. The van der Waals surface area contributed by atoms with Gasteiger partial charge in [-0.15, -0.1) is 0 Å². The average molecular weight is 177 g/mol. The zero-order valence-corrected chi connectivity index (χ0v) is 7.95. The lowest BCUT2D eigenvalue weighted by atomic mass is 10.1. The zero-order chi connectivity index (χ0) is 8.65. The molecule has 0 N–H and O–H groups in total. The highest BCUT2D eigenvalue weighted by atomic mass is 35.5. The molecular formula is C9H14ClF. The molecule has 1 aliphatic rings. The third-order valence-electron chi connectivity index (χ3n) is 2.95. The third kappa shape index (κ3) is 1.58. The Balaban J connectivity index is 2.55. The minimum atomic E-state index is -0.527. The van der Waals surface area contributed by atoms with Gasteiger partial charge in [0, 0.05) is 5.03 Å². The molecule has 0 spiro atoms. The molecule has 2 unspecified atom stereocenters. The standard InChI is InChI=1S/C9H14ClF/c1-6-8(9(6,2)3)4-7(10)5-11/h4,6,8H,5H2,1-3H3/b7-4-. The van der Waals surface area contributed by atoms with Gasteiger partial charge >= 0.3 is 0 Å². The van der Waals surface area contributed by atoms with Gasteiger partial charge in [-0.1, -0.05) is 38.4 Å². The Bertz CT molecular complexity index is 184. The van der Waals surface area contributed by atoms with Crippen LogP contribution in [-0.4, -0.2) is 6.67 Å². The van der Waals surface area contributed by atoms with E-state index >= 15 is 0 Å². The minimum Gasteiger partial charge on any atom is -0.245 e. The topological polar surface area (TPSA) is 0 Å². The van der Waals surface area contributed by atoms with Crippen molar-refractivity contribution in [1.29, 1.82) is 0 Å². The molecule has 1 aliphatic carbocycles. The summed E-state index contributed by atoms with van der Waals surface area (Å²) in [5.41, 5.74) is 0.329. The lowest BCUT2D eigenvalue weighted by Crippen LogP contribution is -1.88. The summed E-state index contributed by atoms with van der Waals surface area (Å²) in [6, 6.07) is 0. The molecule has 0 amide bonds. The molecule has 2 heteroatoms. The Morgan fingerprint density at radius 1 is 1.64 bits per heavy atom. The maximum atomic E-state index is 12.0. The van der Waals surface area contributed by atoms with E-state index in [9.17, 15) is 4.39 Å². The Morgan fingerprint density at radius 2 is 2.09 bits per heavy atom. The average Bonchev–Trinajstić information content (AvgIpc) is 2.39. The lowest BCUT2D eigenvalue weighted by molar-refractivity contribution is 0.549. The first-order chi connectivity index (χ1) is 5.00. The number of rotatable bonds is 2. The van der Waals surface area contributed by atoms with Gasteiger partial charge in [0.2, 0.25) is 0 Å². The molecule has 0 bridgehead atoms. The third-order valence-corrected chi connectivity index (χ3v) is 3.18. The van der Waals surface area contributed by atoms with Crippen molar-refractivity contribution in [3.05, 3.63) is 11.1 Å². The second kappa shape index (κ2) is 2.78. The summed E-state index contributed by atoms with van der Waals surface area (Å²) < 4.78 is 12.0. The molecule has 11 heavy (non-hydrogen) atoms. The summed E-state index contributed by atoms with van der Waals surface area (Å²) in [5.74, 6) is 1.12. The van der Waals surface area contributed by atoms with Crippen LogP contribution < -0.4 is 0 Å². The van der Waals surface area contributed by atoms with E-state index < -0.39 is 6.67 Å². The van der Waals surface area contributed by atoms with Crippen molar-refractivity contribution in [2.24, 2.45) is 17.3 Å². The highest BCUT2D eigenvalue weighted by Gasteiger charge is 2.52. The smallest absolute Gasteiger partial charge is 0.125 e. The van der Waals surface area contributed by atoms with Gasteiger partial charge in [0.25, 0.3) is 0 Å². The summed E-state index contributed by atoms with van der Waals surface area (Å²) in [6.07, 6.45) is 1.85. The van der Waals surface area contributed by atoms with Crippen LogP contribution in [0.25, 0.3) is 0 Å². The fourth-order valence-corrected chi connectivity index (χ4v) is 1.67. The van der Waals surface area contributed by atoms with Crippen LogP contribution in [0.15, 0.2) is 11.1 Å². The van der Waals surface area contributed by atoms with Crippen molar-refractivity contribution in [1.82, 2.24) is 0 Å². The second-order valence-electron chi connectivity index (χ2n) is 3.88. The quantitative estimate of drug-likeness (QED) is 0.605. The van der Waals surface area contributed by atoms with E-state index in [1.165, 1.54) is 0 Å². The van der Waals surface area contributed by atoms with Crippen LogP contribution >= 0.6 is 11.6 Å². The van der Waals surface area contributed by atoms with Crippen LogP contribution in [0.1, 0.15) is 20.8 Å². The monoisotopic (exact) mass is 176 g/mol. The molecule has 0 radical (unpaired) electrons. The molecule has 0 saturated heterocycles. The molecule has 1 saturated carbocycles. The highest BCUT2D eigenvalue weighted by Crippen LogP contribution is 2.58. The van der Waals surface area contributed by atoms with Crippen LogP contribution in [0.5, 0.6) is 0 Å². The largest absolute Gasteiger partial charge is 0.245 e. The molecule has 0 aliphatic heterocycles. The first-order valence-electron chi connectivity index (χ1n) is 3.92. The summed E-state index contributed by atoms with van der Waals surface area (Å²) in [4.78, 5) is 0. The fraction of sp³-hybridized carbons (Fsp3) is 0.778. The van der Waals surface area contributed by atoms with Gasteiger partial charge in [0.1, 0.15) is 6.67 Å². The minimum absolute atomic E-state index is 0.329. The molecule has 1 fully saturated rings. The molecular weight excluding hydrogens is 163 g/mol. The normalized spacial score (nSPS) is 35.5. The number of hydrogen-bond donors (Lipinski definition) is 0. The molecule has 0 aromatic rings. The lowest BCUT2D eigenvalue weighted by Gasteiger charge is -1.96. The number of alkyl halides is 1. The van der Waals surface area contributed by atoms with E-state index in [0.717, 1.165) is 0 Å². The summed E-state index contributed by atoms with van der Waals surface area (Å²) in [6.45, 7) is 6.01. The van der Waals surface area contributed by atoms with Crippen molar-refractivity contribution in [2.45, 2.75) is 20.8 Å². The van der Waals surface area contributed by atoms with Crippen molar-refractivity contribution in [3.8, 4) is 0 Å². The molecule has 2 atom stereocenters. The fourth-order valence-electron chi connectivity index (χ4n) is 1.54. The predicted octanol–water partition coefficient (Wildman–Crippen LogP) is 3.37. The van der Waals surface area contributed by atoms with Gasteiger partial charge in [-0.05, 0) is 17.3 Å². The zero-order valence-electron chi connectivity index (χ0n) is 7.20. The van der Waals surface area contributed by atoms with Crippen LogP contribution in [0.4, 0.5) is 4.39 Å². The van der Waals surface area contributed by atoms with E-state index in [2.05, 4.69) is 20.8 Å². The van der Waals surface area contributed by atoms with Gasteiger partial charge in [-0.25, -0.2) is 4.39 Å². The van der Waals surface area contributed by atoms with Crippen molar-refractivity contribution in [2.75, 3.05) is 6.67 Å². The van der Waals surface area contributed by atoms with Crippen molar-refractivity contribution < 1.29 is 4.39 Å². The molecule has 0 aromatic carbocycles. The Kier molecular flexibility index (Phi) is 2.29. The van der Waals surface area contributed by atoms with Gasteiger partial charge in [-0.2, -0.15) is 0 Å². The molecule has 0 aromatic heterocycles. The Hall–Kier alpha value is -0.0400. The van der Waals surface area contributed by atoms with Crippen LogP contribution in [-0.2, 0) is 0 Å². The highest BCUT2D eigenvalue weighted by molar-refractivity contribution is 6.29. The molecule has 0 heterocycles. The van der Waals surface area contributed by atoms with Crippen LogP contribution in [0.3, 0.4) is 0 Å². The summed E-state index contributed by atoms with van der Waals surface area (Å²) in [5, 5.41) is 0.354. The number of halogens is 2. The first-order valence-corrected chi connectivity index (χ1v) is 4.30. The molecule has 1 rings (SSSR count). The van der Waals surface area contributed by atoms with E-state index in [-0.39, 0.29) is 0 Å². The Morgan fingerprint density at radius 3 is 2.36 bits per heavy atom. The van der Waals surface area contributed by atoms with Gasteiger partial charge in [-0.3, -0.25) is 0 Å². The van der Waals surface area contributed by atoms with Gasteiger partial charge in [0.15, 0.2) is 0 Å². The second-order valence-corrected chi connectivity index (χ2v) is 4.37. The number of hydrogen-bond acceptors (Lipinski definition) is 0. The van der Waals surface area contributed by atoms with Gasteiger partial charge in [0.05, 0.1) is 0 Å². The molecule has 64 valence electrons. The van der Waals surface area contributed by atoms with Gasteiger partial charge < -0.3 is 0 Å². The van der Waals surface area contributed by atoms with E-state index in [1.54, 1.807) is 0 Å². The predicted molar refractivity (Wildman–Crippen MR) is 46.3 cm³/mol. The van der Waals surface area contributed by atoms with Crippen molar-refractivity contribution >= 4 is 11.6 Å². The Labute approximate surface area is 72.4 Å². The van der Waals surface area contributed by atoms with E-state index in [0.29, 0.717) is 22.3 Å².